The van der Waals surface area contributed by atoms with Gasteiger partial charge in [-0.05, 0) is 51.5 Å². The number of carbonyl (C=O) groups is 1. The van der Waals surface area contributed by atoms with E-state index in [0.717, 1.165) is 32.4 Å². The van der Waals surface area contributed by atoms with Crippen molar-refractivity contribution < 1.29 is 9.53 Å². The first-order valence-corrected chi connectivity index (χ1v) is 7.54. The van der Waals surface area contributed by atoms with Crippen LogP contribution in [0.5, 0.6) is 0 Å². The molecule has 0 saturated heterocycles. The van der Waals surface area contributed by atoms with Crippen molar-refractivity contribution in [2.45, 2.75) is 59.5 Å². The van der Waals surface area contributed by atoms with Crippen LogP contribution in [0.15, 0.2) is 0 Å². The molecule has 0 aromatic rings. The maximum atomic E-state index is 11.7. The first-order chi connectivity index (χ1) is 8.95. The first-order valence-electron chi connectivity index (χ1n) is 7.54. The van der Waals surface area contributed by atoms with Gasteiger partial charge in [0.15, 0.2) is 0 Å². The number of unbranched alkanes of at least 4 members (excludes halogenated alkanes) is 1. The van der Waals surface area contributed by atoms with Gasteiger partial charge in [-0.25, -0.2) is 0 Å². The number of ether oxygens (including phenoxy) is 1. The van der Waals surface area contributed by atoms with Crippen molar-refractivity contribution in [2.75, 3.05) is 19.7 Å². The average molecular weight is 272 g/mol. The van der Waals surface area contributed by atoms with Crippen LogP contribution >= 0.6 is 0 Å². The van der Waals surface area contributed by atoms with E-state index in [4.69, 9.17) is 10.5 Å². The Morgan fingerprint density at radius 2 is 1.89 bits per heavy atom. The van der Waals surface area contributed by atoms with Gasteiger partial charge in [0.05, 0.1) is 6.10 Å². The number of nitrogens with one attached hydrogen (secondary N) is 1. The minimum absolute atomic E-state index is 0.126. The molecule has 0 aliphatic heterocycles. The summed E-state index contributed by atoms with van der Waals surface area (Å²) in [6.45, 7) is 10.5. The van der Waals surface area contributed by atoms with Gasteiger partial charge in [0.25, 0.3) is 0 Å². The molecule has 0 aromatic heterocycles. The summed E-state index contributed by atoms with van der Waals surface area (Å²) in [4.78, 5) is 11.7. The molecule has 3 N–H and O–H groups in total. The van der Waals surface area contributed by atoms with Gasteiger partial charge in [-0.15, -0.1) is 0 Å². The van der Waals surface area contributed by atoms with Gasteiger partial charge in [0.1, 0.15) is 0 Å². The smallest absolute Gasteiger partial charge is 0.220 e. The molecule has 0 aliphatic carbocycles. The van der Waals surface area contributed by atoms with Crippen LogP contribution in [0.2, 0.25) is 0 Å². The molecule has 0 aromatic carbocycles. The quantitative estimate of drug-likeness (QED) is 0.567. The van der Waals surface area contributed by atoms with Crippen molar-refractivity contribution in [3.63, 3.8) is 0 Å². The third kappa shape index (κ3) is 12.2. The molecule has 114 valence electrons. The van der Waals surface area contributed by atoms with Crippen LogP contribution < -0.4 is 11.1 Å². The Labute approximate surface area is 118 Å². The lowest BCUT2D eigenvalue weighted by Gasteiger charge is -2.16. The van der Waals surface area contributed by atoms with Crippen LogP contribution in [0, 0.1) is 11.8 Å². The van der Waals surface area contributed by atoms with E-state index in [1.165, 1.54) is 0 Å². The van der Waals surface area contributed by atoms with E-state index in [2.05, 4.69) is 19.2 Å². The predicted molar refractivity (Wildman–Crippen MR) is 79.9 cm³/mol. The molecule has 0 rings (SSSR count). The van der Waals surface area contributed by atoms with Crippen LogP contribution in [-0.2, 0) is 9.53 Å². The van der Waals surface area contributed by atoms with E-state index in [1.54, 1.807) is 0 Å². The summed E-state index contributed by atoms with van der Waals surface area (Å²) >= 11 is 0. The fraction of sp³-hybridized carbons (Fsp3) is 0.933. The number of hydrogen-bond acceptors (Lipinski definition) is 3. The monoisotopic (exact) mass is 272 g/mol. The van der Waals surface area contributed by atoms with Crippen LogP contribution in [0.3, 0.4) is 0 Å². The van der Waals surface area contributed by atoms with Crippen molar-refractivity contribution in [1.82, 2.24) is 5.32 Å². The van der Waals surface area contributed by atoms with Crippen LogP contribution in [0.1, 0.15) is 53.4 Å². The highest BCUT2D eigenvalue weighted by atomic mass is 16.5. The Hall–Kier alpha value is -0.610. The lowest BCUT2D eigenvalue weighted by molar-refractivity contribution is -0.122. The summed E-state index contributed by atoms with van der Waals surface area (Å²) < 4.78 is 5.45. The topological polar surface area (TPSA) is 64.4 Å². The van der Waals surface area contributed by atoms with Gasteiger partial charge < -0.3 is 15.8 Å². The normalized spacial score (nSPS) is 13.0. The second kappa shape index (κ2) is 11.2. The van der Waals surface area contributed by atoms with Gasteiger partial charge >= 0.3 is 0 Å². The van der Waals surface area contributed by atoms with Gasteiger partial charge in [-0.3, -0.25) is 4.79 Å². The second-order valence-electron chi connectivity index (χ2n) is 5.91. The fourth-order valence-corrected chi connectivity index (χ4v) is 2.04. The lowest BCUT2D eigenvalue weighted by atomic mass is 9.94. The number of hydrogen-bond donors (Lipinski definition) is 2. The molecule has 0 saturated carbocycles. The zero-order valence-electron chi connectivity index (χ0n) is 13.1. The van der Waals surface area contributed by atoms with Crippen LogP contribution in [0.25, 0.3) is 0 Å². The second-order valence-corrected chi connectivity index (χ2v) is 5.91. The molecule has 4 heteroatoms. The highest BCUT2D eigenvalue weighted by molar-refractivity contribution is 5.76. The van der Waals surface area contributed by atoms with E-state index in [-0.39, 0.29) is 12.0 Å². The van der Waals surface area contributed by atoms with E-state index in [1.807, 2.05) is 13.8 Å². The number of nitrogens with two attached hydrogens (primary N) is 1. The SMILES string of the molecule is CC(C)CC(CN)CC(=O)NCCCCOC(C)C. The maximum absolute atomic E-state index is 11.7. The van der Waals surface area contributed by atoms with Gasteiger partial charge in [-0.1, -0.05) is 13.8 Å². The summed E-state index contributed by atoms with van der Waals surface area (Å²) in [5, 5.41) is 2.96. The van der Waals surface area contributed by atoms with Crippen molar-refractivity contribution in [3.8, 4) is 0 Å². The molecule has 19 heavy (non-hydrogen) atoms. The Morgan fingerprint density at radius 1 is 1.21 bits per heavy atom. The molecular weight excluding hydrogens is 240 g/mol. The number of amides is 1. The summed E-state index contributed by atoms with van der Waals surface area (Å²) in [7, 11) is 0. The van der Waals surface area contributed by atoms with E-state index in [0.29, 0.717) is 24.8 Å². The molecule has 0 heterocycles. The molecule has 1 unspecified atom stereocenters. The molecule has 0 spiro atoms. The molecular formula is C15H32N2O2. The molecule has 0 aliphatic rings. The Morgan fingerprint density at radius 3 is 2.42 bits per heavy atom. The standard InChI is InChI=1S/C15H32N2O2/c1-12(2)9-14(11-16)10-15(18)17-7-5-6-8-19-13(3)4/h12-14H,5-11,16H2,1-4H3,(H,17,18). The third-order valence-electron chi connectivity index (χ3n) is 2.96. The summed E-state index contributed by atoms with van der Waals surface area (Å²) in [6.07, 6.45) is 3.82. The first kappa shape index (κ1) is 18.4. The summed E-state index contributed by atoms with van der Waals surface area (Å²) in [5.74, 6) is 1.03. The number of carbonyl (C=O) groups excluding carboxylic acids is 1. The van der Waals surface area contributed by atoms with Gasteiger partial charge in [-0.2, -0.15) is 0 Å². The third-order valence-corrected chi connectivity index (χ3v) is 2.96. The predicted octanol–water partition coefficient (Wildman–Crippen LogP) is 2.32. The zero-order chi connectivity index (χ0) is 14.7. The summed E-state index contributed by atoms with van der Waals surface area (Å²) in [6, 6.07) is 0. The van der Waals surface area contributed by atoms with E-state index >= 15 is 0 Å². The van der Waals surface area contributed by atoms with Crippen LogP contribution in [0.4, 0.5) is 0 Å². The van der Waals surface area contributed by atoms with E-state index < -0.39 is 0 Å². The van der Waals surface area contributed by atoms with Gasteiger partial charge in [0.2, 0.25) is 5.91 Å². The van der Waals surface area contributed by atoms with Crippen LogP contribution in [-0.4, -0.2) is 31.7 Å². The van der Waals surface area contributed by atoms with Crippen molar-refractivity contribution in [1.29, 1.82) is 0 Å². The Bertz CT molecular complexity index is 230. The molecule has 1 atom stereocenters. The minimum atomic E-state index is 0.126. The lowest BCUT2D eigenvalue weighted by Crippen LogP contribution is -2.29. The van der Waals surface area contributed by atoms with Crippen molar-refractivity contribution in [3.05, 3.63) is 0 Å². The highest BCUT2D eigenvalue weighted by Gasteiger charge is 2.13. The molecule has 0 bridgehead atoms. The Balaban J connectivity index is 3.57. The highest BCUT2D eigenvalue weighted by Crippen LogP contribution is 2.13. The minimum Gasteiger partial charge on any atom is -0.379 e. The molecule has 0 fully saturated rings. The fourth-order valence-electron chi connectivity index (χ4n) is 2.04. The number of rotatable bonds is 11. The van der Waals surface area contributed by atoms with Crippen molar-refractivity contribution >= 4 is 5.91 Å². The zero-order valence-corrected chi connectivity index (χ0v) is 13.1. The Kier molecular flexibility index (Phi) is 10.9. The maximum Gasteiger partial charge on any atom is 0.220 e. The molecule has 0 radical (unpaired) electrons. The molecule has 1 amide bonds. The average Bonchev–Trinajstić information content (AvgIpc) is 2.31. The largest absolute Gasteiger partial charge is 0.379 e. The molecule has 4 nitrogen and oxygen atoms in total. The van der Waals surface area contributed by atoms with E-state index in [9.17, 15) is 4.79 Å². The van der Waals surface area contributed by atoms with Crippen molar-refractivity contribution in [2.24, 2.45) is 17.6 Å². The summed E-state index contributed by atoms with van der Waals surface area (Å²) in [5.41, 5.74) is 5.70. The van der Waals surface area contributed by atoms with Gasteiger partial charge in [0, 0.05) is 19.6 Å².